The lowest BCUT2D eigenvalue weighted by molar-refractivity contribution is 0.0883. The smallest absolute Gasteiger partial charge is 0.323 e. The van der Waals surface area contributed by atoms with Crippen molar-refractivity contribution in [3.8, 4) is 0 Å². The number of piperidine rings is 1. The molecule has 0 aromatic carbocycles. The summed E-state index contributed by atoms with van der Waals surface area (Å²) in [5.74, 6) is 0.560. The lowest BCUT2D eigenvalue weighted by Crippen LogP contribution is -2.44. The number of amides is 2. The fourth-order valence-corrected chi connectivity index (χ4v) is 2.99. The third-order valence-corrected chi connectivity index (χ3v) is 4.27. The summed E-state index contributed by atoms with van der Waals surface area (Å²) in [5.41, 5.74) is 0. The first kappa shape index (κ1) is 11.9. The lowest BCUT2D eigenvalue weighted by Gasteiger charge is -2.29. The summed E-state index contributed by atoms with van der Waals surface area (Å²) in [4.78, 5) is 13.6. The lowest BCUT2D eigenvalue weighted by atomic mass is 10.1. The van der Waals surface area contributed by atoms with Crippen LogP contribution in [0.1, 0.15) is 36.6 Å². The Morgan fingerprint density at radius 2 is 2.22 bits per heavy atom. The van der Waals surface area contributed by atoms with Crippen LogP contribution in [0.4, 0.5) is 9.93 Å². The van der Waals surface area contributed by atoms with E-state index in [0.29, 0.717) is 24.1 Å². The van der Waals surface area contributed by atoms with Crippen molar-refractivity contribution in [1.29, 1.82) is 0 Å². The standard InChI is InChI=1S/C11H16N4O2S/c16-8-2-1-5-15(6-8)11(17)12-10-14-13-9(18-10)7-3-4-7/h7-8,16H,1-6H2,(H,12,14,17). The van der Waals surface area contributed by atoms with Crippen LogP contribution in [0, 0.1) is 0 Å². The van der Waals surface area contributed by atoms with Crippen LogP contribution in [0.25, 0.3) is 0 Å². The SMILES string of the molecule is O=C(Nc1nnc(C2CC2)s1)N1CCCC(O)C1. The van der Waals surface area contributed by atoms with Gasteiger partial charge < -0.3 is 10.0 Å². The molecule has 98 valence electrons. The number of hydrogen-bond donors (Lipinski definition) is 2. The molecular weight excluding hydrogens is 252 g/mol. The summed E-state index contributed by atoms with van der Waals surface area (Å²) in [6, 6.07) is -0.188. The summed E-state index contributed by atoms with van der Waals surface area (Å²) in [6.07, 6.45) is 3.58. The quantitative estimate of drug-likeness (QED) is 0.850. The minimum absolute atomic E-state index is 0.188. The van der Waals surface area contributed by atoms with Crippen molar-refractivity contribution < 1.29 is 9.90 Å². The number of hydrogen-bond acceptors (Lipinski definition) is 5. The number of carbonyl (C=O) groups is 1. The molecule has 18 heavy (non-hydrogen) atoms. The second-order valence-corrected chi connectivity index (χ2v) is 5.90. The van der Waals surface area contributed by atoms with E-state index in [9.17, 15) is 9.90 Å². The van der Waals surface area contributed by atoms with Gasteiger partial charge in [-0.3, -0.25) is 5.32 Å². The summed E-state index contributed by atoms with van der Waals surface area (Å²) in [7, 11) is 0. The number of rotatable bonds is 2. The van der Waals surface area contributed by atoms with Gasteiger partial charge in [-0.25, -0.2) is 4.79 Å². The molecule has 1 aromatic heterocycles. The molecule has 2 amide bonds. The monoisotopic (exact) mass is 268 g/mol. The number of aliphatic hydroxyl groups excluding tert-OH is 1. The number of nitrogens with zero attached hydrogens (tertiary/aromatic N) is 3. The number of β-amino-alcohol motifs (C(OH)–C–C–N with tert-alkyl or cyclic N) is 1. The highest BCUT2D eigenvalue weighted by molar-refractivity contribution is 7.15. The predicted molar refractivity (Wildman–Crippen MR) is 67.7 cm³/mol. The molecule has 2 aliphatic rings. The van der Waals surface area contributed by atoms with Gasteiger partial charge in [0.2, 0.25) is 5.13 Å². The molecule has 1 saturated carbocycles. The molecule has 1 aliphatic carbocycles. The fourth-order valence-electron chi connectivity index (χ4n) is 2.09. The van der Waals surface area contributed by atoms with E-state index in [0.717, 1.165) is 17.8 Å². The number of aliphatic hydroxyl groups is 1. The first-order chi connectivity index (χ1) is 8.72. The van der Waals surface area contributed by atoms with Gasteiger partial charge in [0.25, 0.3) is 0 Å². The zero-order chi connectivity index (χ0) is 12.5. The van der Waals surface area contributed by atoms with Crippen molar-refractivity contribution in [3.05, 3.63) is 5.01 Å². The third kappa shape index (κ3) is 2.62. The molecule has 0 bridgehead atoms. The van der Waals surface area contributed by atoms with Crippen molar-refractivity contribution >= 4 is 22.5 Å². The highest BCUT2D eigenvalue weighted by Gasteiger charge is 2.28. The van der Waals surface area contributed by atoms with Gasteiger partial charge in [0, 0.05) is 19.0 Å². The highest BCUT2D eigenvalue weighted by Crippen LogP contribution is 2.42. The molecule has 7 heteroatoms. The first-order valence-corrected chi connectivity index (χ1v) is 7.11. The van der Waals surface area contributed by atoms with Crippen LogP contribution in [-0.4, -0.2) is 45.4 Å². The van der Waals surface area contributed by atoms with Gasteiger partial charge >= 0.3 is 6.03 Å². The molecule has 2 N–H and O–H groups in total. The van der Waals surface area contributed by atoms with Gasteiger partial charge in [-0.05, 0) is 25.7 Å². The van der Waals surface area contributed by atoms with Crippen LogP contribution in [0.5, 0.6) is 0 Å². The number of carbonyl (C=O) groups excluding carboxylic acids is 1. The second-order valence-electron chi connectivity index (χ2n) is 4.89. The van der Waals surface area contributed by atoms with Crippen LogP contribution in [0.15, 0.2) is 0 Å². The van der Waals surface area contributed by atoms with E-state index in [1.54, 1.807) is 4.90 Å². The summed E-state index contributed by atoms with van der Waals surface area (Å²) < 4.78 is 0. The molecule has 3 rings (SSSR count). The van der Waals surface area contributed by atoms with Crippen LogP contribution in [0.3, 0.4) is 0 Å². The topological polar surface area (TPSA) is 78.4 Å². The Morgan fingerprint density at radius 1 is 1.39 bits per heavy atom. The average molecular weight is 268 g/mol. The Hall–Kier alpha value is -1.21. The van der Waals surface area contributed by atoms with Gasteiger partial charge in [0.1, 0.15) is 5.01 Å². The highest BCUT2D eigenvalue weighted by atomic mass is 32.1. The Balaban J connectivity index is 1.58. The van der Waals surface area contributed by atoms with Gasteiger partial charge in [-0.2, -0.15) is 0 Å². The van der Waals surface area contributed by atoms with Gasteiger partial charge in [0.15, 0.2) is 0 Å². The third-order valence-electron chi connectivity index (χ3n) is 3.26. The zero-order valence-corrected chi connectivity index (χ0v) is 10.8. The molecule has 0 radical (unpaired) electrons. The molecule has 6 nitrogen and oxygen atoms in total. The van der Waals surface area contributed by atoms with Crippen molar-refractivity contribution in [2.75, 3.05) is 18.4 Å². The van der Waals surface area contributed by atoms with E-state index in [1.807, 2.05) is 0 Å². The number of urea groups is 1. The largest absolute Gasteiger partial charge is 0.391 e. The molecule has 2 heterocycles. The van der Waals surface area contributed by atoms with Crippen LogP contribution in [-0.2, 0) is 0 Å². The van der Waals surface area contributed by atoms with E-state index in [4.69, 9.17) is 0 Å². The zero-order valence-electron chi connectivity index (χ0n) is 10.0. The van der Waals surface area contributed by atoms with E-state index >= 15 is 0 Å². The van der Waals surface area contributed by atoms with Crippen molar-refractivity contribution in [3.63, 3.8) is 0 Å². The maximum atomic E-state index is 12.0. The van der Waals surface area contributed by atoms with E-state index in [-0.39, 0.29) is 6.03 Å². The molecule has 1 saturated heterocycles. The average Bonchev–Trinajstić information content (AvgIpc) is 3.11. The van der Waals surface area contributed by atoms with Gasteiger partial charge in [-0.15, -0.1) is 10.2 Å². The maximum absolute atomic E-state index is 12.0. The van der Waals surface area contributed by atoms with Crippen molar-refractivity contribution in [1.82, 2.24) is 15.1 Å². The Morgan fingerprint density at radius 3 is 2.94 bits per heavy atom. The number of likely N-dealkylation sites (tertiary alicyclic amines) is 1. The van der Waals surface area contributed by atoms with Crippen molar-refractivity contribution in [2.45, 2.75) is 37.7 Å². The molecule has 2 fully saturated rings. The van der Waals surface area contributed by atoms with Crippen molar-refractivity contribution in [2.24, 2.45) is 0 Å². The summed E-state index contributed by atoms with van der Waals surface area (Å²) >= 11 is 1.45. The minimum atomic E-state index is -0.402. The Kier molecular flexibility index (Phi) is 3.17. The first-order valence-electron chi connectivity index (χ1n) is 6.30. The number of anilines is 1. The van der Waals surface area contributed by atoms with Crippen LogP contribution >= 0.6 is 11.3 Å². The molecular formula is C11H16N4O2S. The number of nitrogens with one attached hydrogen (secondary N) is 1. The van der Waals surface area contributed by atoms with Crippen LogP contribution < -0.4 is 5.32 Å². The number of aromatic nitrogens is 2. The summed E-state index contributed by atoms with van der Waals surface area (Å²) in [5, 5.41) is 21.9. The predicted octanol–water partition coefficient (Wildman–Crippen LogP) is 1.40. The minimum Gasteiger partial charge on any atom is -0.391 e. The van der Waals surface area contributed by atoms with Crippen LogP contribution in [0.2, 0.25) is 0 Å². The van der Waals surface area contributed by atoms with E-state index < -0.39 is 6.10 Å². The normalized spacial score (nSPS) is 24.1. The Labute approximate surface area is 109 Å². The van der Waals surface area contributed by atoms with Gasteiger partial charge in [-0.1, -0.05) is 11.3 Å². The summed E-state index contributed by atoms with van der Waals surface area (Å²) in [6.45, 7) is 1.09. The Bertz CT molecular complexity index is 446. The molecule has 1 aromatic rings. The van der Waals surface area contributed by atoms with E-state index in [2.05, 4.69) is 15.5 Å². The molecule has 1 unspecified atom stereocenters. The molecule has 0 spiro atoms. The fraction of sp³-hybridized carbons (Fsp3) is 0.727. The van der Waals surface area contributed by atoms with Gasteiger partial charge in [0.05, 0.1) is 6.10 Å². The van der Waals surface area contributed by atoms with E-state index in [1.165, 1.54) is 24.2 Å². The maximum Gasteiger partial charge on any atom is 0.323 e. The molecule has 1 atom stereocenters. The molecule has 1 aliphatic heterocycles. The second kappa shape index (κ2) is 4.81.